The van der Waals surface area contributed by atoms with Crippen LogP contribution < -0.4 is 0 Å². The van der Waals surface area contributed by atoms with E-state index in [-0.39, 0.29) is 60.0 Å². The Morgan fingerprint density at radius 2 is 1.27 bits per heavy atom. The van der Waals surface area contributed by atoms with Crippen molar-refractivity contribution in [1.29, 1.82) is 0 Å². The molecule has 0 spiro atoms. The predicted molar refractivity (Wildman–Crippen MR) is 80.5 cm³/mol. The fraction of sp³-hybridized carbons (Fsp3) is 0.875. The molecule has 4 unspecified atom stereocenters. The van der Waals surface area contributed by atoms with E-state index in [4.69, 9.17) is 10.2 Å². The molecule has 0 amide bonds. The Hall–Kier alpha value is 0.593. The molecule has 6 heteroatoms. The summed E-state index contributed by atoms with van der Waals surface area (Å²) in [5.41, 5.74) is 0. The van der Waals surface area contributed by atoms with Gasteiger partial charge in [-0.25, -0.2) is 0 Å². The first-order valence-electron chi connectivity index (χ1n) is 7.22. The van der Waals surface area contributed by atoms with Crippen molar-refractivity contribution in [1.82, 2.24) is 0 Å². The molecule has 0 aromatic carbocycles. The number of hydrogen-bond acceptors (Lipinski definition) is 2. The third-order valence-electron chi connectivity index (χ3n) is 4.02. The first-order valence-corrected chi connectivity index (χ1v) is 7.22. The van der Waals surface area contributed by atoms with Crippen LogP contribution in [0.4, 0.5) is 13.2 Å². The quantitative estimate of drug-likeness (QED) is 0.582. The van der Waals surface area contributed by atoms with Crippen molar-refractivity contribution >= 4 is 0 Å². The van der Waals surface area contributed by atoms with Crippen LogP contribution in [0.5, 0.6) is 0 Å². The van der Waals surface area contributed by atoms with E-state index in [1.807, 2.05) is 0 Å². The molecule has 2 aliphatic rings. The molecule has 2 rings (SSSR count). The van der Waals surface area contributed by atoms with Gasteiger partial charge >= 0.3 is 32.4 Å². The van der Waals surface area contributed by atoms with Gasteiger partial charge in [-0.2, -0.15) is 13.2 Å². The second-order valence-electron chi connectivity index (χ2n) is 5.98. The maximum atomic E-state index is 12.0. The molecule has 2 aliphatic carbocycles. The van der Waals surface area contributed by atoms with Gasteiger partial charge in [0.1, 0.15) is 0 Å². The van der Waals surface area contributed by atoms with Gasteiger partial charge in [0.05, 0.1) is 18.1 Å². The zero-order valence-electron chi connectivity index (χ0n) is 14.0. The average molecular weight is 404 g/mol. The van der Waals surface area contributed by atoms with Crippen molar-refractivity contribution in [3.05, 3.63) is 14.9 Å². The van der Waals surface area contributed by atoms with Gasteiger partial charge in [-0.3, -0.25) is 0 Å². The molecule has 132 valence electrons. The minimum absolute atomic E-state index is 0. The summed E-state index contributed by atoms with van der Waals surface area (Å²) in [5, 5.41) is 18.0. The smallest absolute Gasteiger partial charge is 0.393 e. The van der Waals surface area contributed by atoms with Gasteiger partial charge in [0.25, 0.3) is 0 Å². The van der Waals surface area contributed by atoms with Crippen LogP contribution in [0.3, 0.4) is 0 Å². The van der Waals surface area contributed by atoms with E-state index >= 15 is 0 Å². The first-order chi connectivity index (χ1) is 8.79. The largest absolute Gasteiger partial charge is 2.00 e. The molecular weight excluding hydrogens is 372 g/mol. The van der Waals surface area contributed by atoms with E-state index in [2.05, 4.69) is 6.92 Å². The van der Waals surface area contributed by atoms with Crippen molar-refractivity contribution < 1.29 is 49.6 Å². The van der Waals surface area contributed by atoms with Crippen LogP contribution in [0.2, 0.25) is 0 Å². The molecule has 0 aliphatic heterocycles. The van der Waals surface area contributed by atoms with Crippen LogP contribution in [-0.4, -0.2) is 28.6 Å². The number of halogens is 3. The Morgan fingerprint density at radius 3 is 1.55 bits per heavy atom. The maximum Gasteiger partial charge on any atom is 2.00 e. The summed E-state index contributed by atoms with van der Waals surface area (Å²) in [6.45, 7) is 2.21. The number of hydrogen-bond donors (Lipinski definition) is 2. The maximum absolute atomic E-state index is 12.0. The van der Waals surface area contributed by atoms with Crippen LogP contribution >= 0.6 is 0 Å². The van der Waals surface area contributed by atoms with Crippen molar-refractivity contribution in [2.75, 3.05) is 0 Å². The normalized spacial score (nSPS) is 31.4. The third kappa shape index (κ3) is 11.2. The topological polar surface area (TPSA) is 40.5 Å². The Morgan fingerprint density at radius 1 is 0.818 bits per heavy atom. The number of aliphatic hydroxyl groups excluding tert-OH is 2. The van der Waals surface area contributed by atoms with E-state index in [0.29, 0.717) is 12.8 Å². The summed E-state index contributed by atoms with van der Waals surface area (Å²) in [6, 6.07) is 0. The molecule has 22 heavy (non-hydrogen) atoms. The van der Waals surface area contributed by atoms with Crippen molar-refractivity contribution in [3.8, 4) is 0 Å². The van der Waals surface area contributed by atoms with Crippen molar-refractivity contribution in [2.45, 2.75) is 76.7 Å². The van der Waals surface area contributed by atoms with Gasteiger partial charge in [0, 0.05) is 0 Å². The SMILES string of the molecule is CC1CCCC(O)C1.OC1CCCC(C(F)(F)F)C1.[CH3-].[CH3-].[Zr+2]. The molecule has 0 aromatic heterocycles. The van der Waals surface area contributed by atoms with Crippen LogP contribution in [0.15, 0.2) is 0 Å². The van der Waals surface area contributed by atoms with Gasteiger partial charge in [0.2, 0.25) is 0 Å². The van der Waals surface area contributed by atoms with Crippen LogP contribution in [-0.2, 0) is 26.2 Å². The molecule has 0 saturated heterocycles. The minimum atomic E-state index is -4.11. The summed E-state index contributed by atoms with van der Waals surface area (Å²) in [5.74, 6) is -0.509. The molecule has 0 heterocycles. The van der Waals surface area contributed by atoms with Crippen molar-refractivity contribution in [3.63, 3.8) is 0 Å². The second kappa shape index (κ2) is 12.9. The number of aliphatic hydroxyl groups is 2. The zero-order valence-corrected chi connectivity index (χ0v) is 16.5. The Bertz CT molecular complexity index is 254. The van der Waals surface area contributed by atoms with Crippen molar-refractivity contribution in [2.24, 2.45) is 11.8 Å². The Balaban J connectivity index is -0.000000299. The third-order valence-corrected chi connectivity index (χ3v) is 4.02. The van der Waals surface area contributed by atoms with Crippen LogP contribution in [0.1, 0.15) is 58.3 Å². The van der Waals surface area contributed by atoms with Crippen LogP contribution in [0.25, 0.3) is 0 Å². The molecule has 2 saturated carbocycles. The van der Waals surface area contributed by atoms with E-state index in [1.54, 1.807) is 0 Å². The Kier molecular flexibility index (Phi) is 16.2. The summed E-state index contributed by atoms with van der Waals surface area (Å²) in [4.78, 5) is 0. The van der Waals surface area contributed by atoms with E-state index < -0.39 is 18.2 Å². The second-order valence-corrected chi connectivity index (χ2v) is 5.98. The number of alkyl halides is 3. The predicted octanol–water partition coefficient (Wildman–Crippen LogP) is 4.56. The van der Waals surface area contributed by atoms with Crippen LogP contribution in [0, 0.1) is 26.7 Å². The van der Waals surface area contributed by atoms with Gasteiger partial charge in [-0.05, 0) is 38.0 Å². The number of rotatable bonds is 0. The van der Waals surface area contributed by atoms with Gasteiger partial charge in [-0.15, -0.1) is 0 Å². The minimum Gasteiger partial charge on any atom is -0.393 e. The fourth-order valence-electron chi connectivity index (χ4n) is 2.86. The van der Waals surface area contributed by atoms with Gasteiger partial charge < -0.3 is 25.1 Å². The molecule has 2 N–H and O–H groups in total. The fourth-order valence-corrected chi connectivity index (χ4v) is 2.86. The summed E-state index contributed by atoms with van der Waals surface area (Å²) in [7, 11) is 0. The molecular formula is C16H31F3O2Zr. The monoisotopic (exact) mass is 402 g/mol. The molecule has 2 nitrogen and oxygen atoms in total. The van der Waals surface area contributed by atoms with Gasteiger partial charge in [0.15, 0.2) is 0 Å². The Labute approximate surface area is 153 Å². The molecule has 0 radical (unpaired) electrons. The molecule has 2 fully saturated rings. The van der Waals surface area contributed by atoms with E-state index in [9.17, 15) is 13.2 Å². The standard InChI is InChI=1S/C7H11F3O.C7H14O.2CH3.Zr/c8-7(9,10)5-2-1-3-6(11)4-5;1-6-3-2-4-7(8)5-6;;;/h5-6,11H,1-4H2;6-8H,2-5H2,1H3;2*1H3;/q;;2*-1;+2. The molecule has 0 aromatic rings. The summed E-state index contributed by atoms with van der Waals surface area (Å²) >= 11 is 0. The zero-order chi connectivity index (χ0) is 14.5. The molecule has 0 bridgehead atoms. The summed E-state index contributed by atoms with van der Waals surface area (Å²) < 4.78 is 36.0. The average Bonchev–Trinajstić information content (AvgIpc) is 2.28. The molecule has 4 atom stereocenters. The van der Waals surface area contributed by atoms with E-state index in [0.717, 1.165) is 18.8 Å². The summed E-state index contributed by atoms with van der Waals surface area (Å²) in [6.07, 6.45) is 0.849. The van der Waals surface area contributed by atoms with E-state index in [1.165, 1.54) is 12.8 Å². The van der Waals surface area contributed by atoms with Gasteiger partial charge in [-0.1, -0.05) is 26.2 Å². The first kappa shape index (κ1) is 27.4.